The lowest BCUT2D eigenvalue weighted by Crippen LogP contribution is -2.43. The average Bonchev–Trinajstić information content (AvgIpc) is 2.18. The summed E-state index contributed by atoms with van der Waals surface area (Å²) in [6.45, 7) is 3.66. The number of nitro groups is 1. The Kier molecular flexibility index (Phi) is 3.02. The number of benzene rings is 1. The van der Waals surface area contributed by atoms with Crippen molar-refractivity contribution in [3.63, 3.8) is 0 Å². The summed E-state index contributed by atoms with van der Waals surface area (Å²) in [5.74, 6) is 0.387. The van der Waals surface area contributed by atoms with Gasteiger partial charge in [-0.1, -0.05) is 6.07 Å². The summed E-state index contributed by atoms with van der Waals surface area (Å²) < 4.78 is 5.68. The standard InChI is InChI=1S/C12H16N2O3/c1-7-3-8(2)12(11(4-7)14(15)16)17-10-5-9(13)6-10/h3-4,9-10H,5-6,13H2,1-2H3. The Morgan fingerprint density at radius 2 is 2.06 bits per heavy atom. The molecule has 0 aliphatic heterocycles. The SMILES string of the molecule is Cc1cc(C)c(OC2CC(N)C2)c([N+](=O)[O-])c1. The van der Waals surface area contributed by atoms with Gasteiger partial charge in [-0.15, -0.1) is 0 Å². The lowest BCUT2D eigenvalue weighted by atomic mass is 9.90. The van der Waals surface area contributed by atoms with Gasteiger partial charge in [0, 0.05) is 12.1 Å². The van der Waals surface area contributed by atoms with Crippen molar-refractivity contribution in [1.82, 2.24) is 0 Å². The van der Waals surface area contributed by atoms with E-state index in [0.717, 1.165) is 24.0 Å². The lowest BCUT2D eigenvalue weighted by molar-refractivity contribution is -0.386. The zero-order chi connectivity index (χ0) is 12.6. The molecular weight excluding hydrogens is 220 g/mol. The van der Waals surface area contributed by atoms with E-state index in [0.29, 0.717) is 5.75 Å². The highest BCUT2D eigenvalue weighted by atomic mass is 16.6. The fraction of sp³-hybridized carbons (Fsp3) is 0.500. The molecule has 5 heteroatoms. The van der Waals surface area contributed by atoms with Crippen LogP contribution in [0.5, 0.6) is 5.75 Å². The van der Waals surface area contributed by atoms with Crippen molar-refractivity contribution >= 4 is 5.69 Å². The van der Waals surface area contributed by atoms with Crippen molar-refractivity contribution in [1.29, 1.82) is 0 Å². The topological polar surface area (TPSA) is 78.4 Å². The fourth-order valence-corrected chi connectivity index (χ4v) is 2.09. The molecule has 2 rings (SSSR count). The highest BCUT2D eigenvalue weighted by Gasteiger charge is 2.30. The molecule has 1 aliphatic rings. The monoisotopic (exact) mass is 236 g/mol. The first-order valence-corrected chi connectivity index (χ1v) is 5.65. The van der Waals surface area contributed by atoms with Crippen molar-refractivity contribution < 1.29 is 9.66 Å². The van der Waals surface area contributed by atoms with Crippen molar-refractivity contribution in [2.75, 3.05) is 0 Å². The predicted molar refractivity (Wildman–Crippen MR) is 64.2 cm³/mol. The molecule has 0 amide bonds. The molecule has 1 aliphatic carbocycles. The third-order valence-electron chi connectivity index (χ3n) is 3.01. The molecule has 0 unspecified atom stereocenters. The summed E-state index contributed by atoms with van der Waals surface area (Å²) in [4.78, 5) is 10.6. The maximum atomic E-state index is 11.0. The van der Waals surface area contributed by atoms with Gasteiger partial charge in [-0.25, -0.2) is 0 Å². The number of ether oxygens (including phenoxy) is 1. The number of rotatable bonds is 3. The Hall–Kier alpha value is -1.62. The van der Waals surface area contributed by atoms with Gasteiger partial charge >= 0.3 is 5.69 Å². The number of hydrogen-bond acceptors (Lipinski definition) is 4. The second kappa shape index (κ2) is 4.33. The molecule has 17 heavy (non-hydrogen) atoms. The summed E-state index contributed by atoms with van der Waals surface area (Å²) in [7, 11) is 0. The Labute approximate surface area is 99.7 Å². The van der Waals surface area contributed by atoms with Crippen LogP contribution >= 0.6 is 0 Å². The van der Waals surface area contributed by atoms with Crippen LogP contribution in [-0.2, 0) is 0 Å². The lowest BCUT2D eigenvalue weighted by Gasteiger charge is -2.32. The Balaban J connectivity index is 2.28. The van der Waals surface area contributed by atoms with E-state index in [4.69, 9.17) is 10.5 Å². The quantitative estimate of drug-likeness (QED) is 0.643. The van der Waals surface area contributed by atoms with Gasteiger partial charge in [-0.05, 0) is 37.8 Å². The normalized spacial score (nSPS) is 23.0. The molecule has 1 saturated carbocycles. The molecular formula is C12H16N2O3. The molecule has 0 bridgehead atoms. The van der Waals surface area contributed by atoms with Crippen molar-refractivity contribution in [3.05, 3.63) is 33.4 Å². The zero-order valence-electron chi connectivity index (χ0n) is 9.97. The van der Waals surface area contributed by atoms with Gasteiger partial charge in [0.2, 0.25) is 0 Å². The van der Waals surface area contributed by atoms with Crippen molar-refractivity contribution in [2.24, 2.45) is 5.73 Å². The van der Waals surface area contributed by atoms with E-state index in [1.165, 1.54) is 0 Å². The fourth-order valence-electron chi connectivity index (χ4n) is 2.09. The third-order valence-corrected chi connectivity index (χ3v) is 3.01. The number of aryl methyl sites for hydroxylation is 2. The molecule has 0 saturated heterocycles. The first kappa shape index (κ1) is 11.9. The summed E-state index contributed by atoms with van der Waals surface area (Å²) in [5.41, 5.74) is 7.38. The molecule has 1 aromatic rings. The largest absolute Gasteiger partial charge is 0.483 e. The zero-order valence-corrected chi connectivity index (χ0v) is 9.97. The molecule has 0 heterocycles. The van der Waals surface area contributed by atoms with Crippen LogP contribution in [0.15, 0.2) is 12.1 Å². The molecule has 1 aromatic carbocycles. The van der Waals surface area contributed by atoms with E-state index in [1.54, 1.807) is 6.07 Å². The summed E-state index contributed by atoms with van der Waals surface area (Å²) in [6, 6.07) is 3.60. The van der Waals surface area contributed by atoms with Crippen molar-refractivity contribution in [2.45, 2.75) is 38.8 Å². The van der Waals surface area contributed by atoms with Crippen LogP contribution in [0.4, 0.5) is 5.69 Å². The van der Waals surface area contributed by atoms with Crippen LogP contribution in [0.1, 0.15) is 24.0 Å². The first-order chi connectivity index (χ1) is 7.97. The van der Waals surface area contributed by atoms with Gasteiger partial charge in [0.05, 0.1) is 4.92 Å². The molecule has 2 N–H and O–H groups in total. The molecule has 0 aromatic heterocycles. The van der Waals surface area contributed by atoms with E-state index < -0.39 is 4.92 Å². The summed E-state index contributed by atoms with van der Waals surface area (Å²) >= 11 is 0. The third kappa shape index (κ3) is 2.39. The molecule has 0 spiro atoms. The van der Waals surface area contributed by atoms with E-state index in [2.05, 4.69) is 0 Å². The second-order valence-electron chi connectivity index (χ2n) is 4.66. The number of nitro benzene ring substituents is 1. The van der Waals surface area contributed by atoms with E-state index >= 15 is 0 Å². The first-order valence-electron chi connectivity index (χ1n) is 5.65. The van der Waals surface area contributed by atoms with Crippen molar-refractivity contribution in [3.8, 4) is 5.75 Å². The van der Waals surface area contributed by atoms with Gasteiger partial charge < -0.3 is 10.5 Å². The van der Waals surface area contributed by atoms with E-state index in [-0.39, 0.29) is 17.8 Å². The van der Waals surface area contributed by atoms with Gasteiger partial charge in [0.25, 0.3) is 0 Å². The Bertz CT molecular complexity index is 453. The maximum absolute atomic E-state index is 11.0. The van der Waals surface area contributed by atoms with Crippen LogP contribution in [0.3, 0.4) is 0 Å². The van der Waals surface area contributed by atoms with Crippen LogP contribution in [0.2, 0.25) is 0 Å². The number of nitrogens with zero attached hydrogens (tertiary/aromatic N) is 1. The Morgan fingerprint density at radius 3 is 2.59 bits per heavy atom. The van der Waals surface area contributed by atoms with Gasteiger partial charge in [-0.3, -0.25) is 10.1 Å². The van der Waals surface area contributed by atoms with Crippen LogP contribution in [0.25, 0.3) is 0 Å². The van der Waals surface area contributed by atoms with E-state index in [9.17, 15) is 10.1 Å². The highest BCUT2D eigenvalue weighted by Crippen LogP contribution is 2.35. The minimum Gasteiger partial charge on any atom is -0.483 e. The molecule has 5 nitrogen and oxygen atoms in total. The van der Waals surface area contributed by atoms with Gasteiger partial charge in [0.15, 0.2) is 5.75 Å². The summed E-state index contributed by atoms with van der Waals surface area (Å²) in [5, 5.41) is 11.0. The van der Waals surface area contributed by atoms with Crippen LogP contribution in [0, 0.1) is 24.0 Å². The van der Waals surface area contributed by atoms with Gasteiger partial charge in [0.1, 0.15) is 6.10 Å². The number of nitrogens with two attached hydrogens (primary N) is 1. The predicted octanol–water partition coefficient (Wildman–Crippen LogP) is 2.08. The molecule has 92 valence electrons. The number of hydrogen-bond donors (Lipinski definition) is 1. The summed E-state index contributed by atoms with van der Waals surface area (Å²) in [6.07, 6.45) is 1.56. The Morgan fingerprint density at radius 1 is 1.41 bits per heavy atom. The highest BCUT2D eigenvalue weighted by molar-refractivity contribution is 5.53. The second-order valence-corrected chi connectivity index (χ2v) is 4.66. The smallest absolute Gasteiger partial charge is 0.311 e. The average molecular weight is 236 g/mol. The molecule has 0 atom stereocenters. The van der Waals surface area contributed by atoms with Crippen LogP contribution < -0.4 is 10.5 Å². The maximum Gasteiger partial charge on any atom is 0.311 e. The molecule has 0 radical (unpaired) electrons. The van der Waals surface area contributed by atoms with E-state index in [1.807, 2.05) is 19.9 Å². The van der Waals surface area contributed by atoms with Gasteiger partial charge in [-0.2, -0.15) is 0 Å². The minimum absolute atomic E-state index is 0.0186. The minimum atomic E-state index is -0.395. The molecule has 1 fully saturated rings. The van der Waals surface area contributed by atoms with Crippen LogP contribution in [-0.4, -0.2) is 17.1 Å².